The van der Waals surface area contributed by atoms with Gasteiger partial charge in [0.15, 0.2) is 0 Å². The van der Waals surface area contributed by atoms with Crippen LogP contribution in [0.2, 0.25) is 0 Å². The van der Waals surface area contributed by atoms with Gasteiger partial charge in [-0.1, -0.05) is 87.2 Å². The molecule has 1 aliphatic heterocycles. The number of fused-ring (bicyclic) bond motifs is 2. The Bertz CT molecular complexity index is 996. The molecule has 27 heavy (non-hydrogen) atoms. The number of hydrogen-bond acceptors (Lipinski definition) is 1. The highest BCUT2D eigenvalue weighted by Crippen LogP contribution is 2.52. The average Bonchev–Trinajstić information content (AvgIpc) is 2.69. The second kappa shape index (κ2) is 6.86. The zero-order valence-electron chi connectivity index (χ0n) is 15.6. The molecule has 1 nitrogen and oxygen atoms in total. The van der Waals surface area contributed by atoms with Crippen molar-refractivity contribution in [1.29, 1.82) is 0 Å². The smallest absolute Gasteiger partial charge is 0.0610 e. The first-order valence-electron chi connectivity index (χ1n) is 9.12. The van der Waals surface area contributed by atoms with E-state index in [2.05, 4.69) is 114 Å². The second-order valence-corrected chi connectivity index (χ2v) is 8.06. The van der Waals surface area contributed by atoms with E-state index in [1.807, 2.05) is 6.08 Å². The van der Waals surface area contributed by atoms with Gasteiger partial charge in [0.1, 0.15) is 0 Å². The van der Waals surface area contributed by atoms with Crippen molar-refractivity contribution in [2.75, 3.05) is 4.90 Å². The van der Waals surface area contributed by atoms with Crippen LogP contribution in [0, 0.1) is 0 Å². The molecule has 0 atom stereocenters. The van der Waals surface area contributed by atoms with Gasteiger partial charge in [0.25, 0.3) is 0 Å². The van der Waals surface area contributed by atoms with Crippen molar-refractivity contribution in [3.63, 3.8) is 0 Å². The van der Waals surface area contributed by atoms with Gasteiger partial charge in [0.2, 0.25) is 0 Å². The zero-order chi connectivity index (χ0) is 19.0. The van der Waals surface area contributed by atoms with Crippen LogP contribution in [0.25, 0.3) is 6.08 Å². The standard InChI is InChI=1S/C25H22BrN/c1-4-5-11-18-12-10-17-23(24(18)26)27-21-15-8-6-13-19(21)25(2,3)20-14-7-9-16-22(20)27/h4-17H,1H2,2-3H3/b11-5-. The Hall–Kier alpha value is -2.58. The first-order valence-corrected chi connectivity index (χ1v) is 9.92. The van der Waals surface area contributed by atoms with Gasteiger partial charge in [-0.05, 0) is 50.8 Å². The topological polar surface area (TPSA) is 3.24 Å². The van der Waals surface area contributed by atoms with E-state index < -0.39 is 0 Å². The van der Waals surface area contributed by atoms with Crippen LogP contribution in [0.3, 0.4) is 0 Å². The van der Waals surface area contributed by atoms with E-state index in [0.717, 1.165) is 15.7 Å². The largest absolute Gasteiger partial charge is 0.309 e. The first-order chi connectivity index (χ1) is 13.1. The summed E-state index contributed by atoms with van der Waals surface area (Å²) in [5, 5.41) is 0. The van der Waals surface area contributed by atoms with Crippen LogP contribution in [-0.4, -0.2) is 0 Å². The lowest BCUT2D eigenvalue weighted by atomic mass is 9.73. The number of para-hydroxylation sites is 2. The SMILES string of the molecule is C=C/C=C\c1cccc(N2c3ccccc3C(C)(C)c3ccccc32)c1Br. The molecule has 0 amide bonds. The number of allylic oxidation sites excluding steroid dienone is 2. The maximum Gasteiger partial charge on any atom is 0.0610 e. The molecule has 4 rings (SSSR count). The normalized spacial score (nSPS) is 14.7. The summed E-state index contributed by atoms with van der Waals surface area (Å²) in [6, 6.07) is 23.8. The summed E-state index contributed by atoms with van der Waals surface area (Å²) in [5.74, 6) is 0. The quantitative estimate of drug-likeness (QED) is 0.395. The molecule has 0 bridgehead atoms. The van der Waals surface area contributed by atoms with Crippen LogP contribution in [0.1, 0.15) is 30.5 Å². The van der Waals surface area contributed by atoms with Crippen molar-refractivity contribution < 1.29 is 0 Å². The lowest BCUT2D eigenvalue weighted by molar-refractivity contribution is 0.632. The first kappa shape index (κ1) is 17.8. The van der Waals surface area contributed by atoms with E-state index in [0.29, 0.717) is 0 Å². The van der Waals surface area contributed by atoms with Crippen molar-refractivity contribution in [3.05, 3.63) is 107 Å². The van der Waals surface area contributed by atoms with Gasteiger partial charge in [0, 0.05) is 9.89 Å². The lowest BCUT2D eigenvalue weighted by Gasteiger charge is -2.42. The zero-order valence-corrected chi connectivity index (χ0v) is 17.2. The van der Waals surface area contributed by atoms with Gasteiger partial charge in [-0.3, -0.25) is 0 Å². The summed E-state index contributed by atoms with van der Waals surface area (Å²) in [5.41, 5.74) is 7.35. The summed E-state index contributed by atoms with van der Waals surface area (Å²) in [6.07, 6.45) is 5.84. The summed E-state index contributed by atoms with van der Waals surface area (Å²) >= 11 is 3.85. The number of halogens is 1. The van der Waals surface area contributed by atoms with Crippen molar-refractivity contribution in [1.82, 2.24) is 0 Å². The van der Waals surface area contributed by atoms with E-state index in [1.54, 1.807) is 6.08 Å². The number of hydrogen-bond donors (Lipinski definition) is 0. The average molecular weight is 416 g/mol. The van der Waals surface area contributed by atoms with Crippen molar-refractivity contribution in [3.8, 4) is 0 Å². The van der Waals surface area contributed by atoms with Crippen LogP contribution in [0.4, 0.5) is 17.1 Å². The van der Waals surface area contributed by atoms with E-state index in [-0.39, 0.29) is 5.41 Å². The number of nitrogens with zero attached hydrogens (tertiary/aromatic N) is 1. The predicted octanol–water partition coefficient (Wildman–Crippen LogP) is 7.76. The molecule has 3 aromatic rings. The maximum absolute atomic E-state index is 3.85. The molecule has 0 saturated heterocycles. The Labute approximate surface area is 169 Å². The fraction of sp³-hybridized carbons (Fsp3) is 0.120. The van der Waals surface area contributed by atoms with Gasteiger partial charge >= 0.3 is 0 Å². The van der Waals surface area contributed by atoms with Crippen LogP contribution in [0.15, 0.2) is 89.9 Å². The third-order valence-electron chi connectivity index (χ3n) is 5.30. The van der Waals surface area contributed by atoms with Crippen LogP contribution < -0.4 is 4.90 Å². The molecule has 134 valence electrons. The van der Waals surface area contributed by atoms with Gasteiger partial charge in [-0.2, -0.15) is 0 Å². The molecule has 0 aliphatic carbocycles. The van der Waals surface area contributed by atoms with Gasteiger partial charge in [-0.15, -0.1) is 0 Å². The van der Waals surface area contributed by atoms with Crippen LogP contribution in [-0.2, 0) is 5.41 Å². The van der Waals surface area contributed by atoms with Crippen molar-refractivity contribution in [2.24, 2.45) is 0 Å². The molecule has 2 heteroatoms. The molecule has 0 aromatic heterocycles. The lowest BCUT2D eigenvalue weighted by Crippen LogP contribution is -2.30. The van der Waals surface area contributed by atoms with Gasteiger partial charge < -0.3 is 4.90 Å². The Morgan fingerprint density at radius 1 is 0.815 bits per heavy atom. The summed E-state index contributed by atoms with van der Waals surface area (Å²) in [7, 11) is 0. The number of rotatable bonds is 3. The van der Waals surface area contributed by atoms with E-state index >= 15 is 0 Å². The molecule has 3 aromatic carbocycles. The minimum atomic E-state index is -0.0451. The van der Waals surface area contributed by atoms with E-state index in [9.17, 15) is 0 Å². The highest BCUT2D eigenvalue weighted by Gasteiger charge is 2.36. The molecule has 1 aliphatic rings. The molecular formula is C25H22BrN. The maximum atomic E-state index is 3.85. The fourth-order valence-electron chi connectivity index (χ4n) is 3.94. The monoisotopic (exact) mass is 415 g/mol. The van der Waals surface area contributed by atoms with E-state index in [1.165, 1.54) is 22.5 Å². The van der Waals surface area contributed by atoms with Gasteiger partial charge in [-0.25, -0.2) is 0 Å². The molecule has 1 heterocycles. The van der Waals surface area contributed by atoms with Crippen LogP contribution >= 0.6 is 15.9 Å². The highest BCUT2D eigenvalue weighted by atomic mass is 79.9. The Morgan fingerprint density at radius 2 is 1.37 bits per heavy atom. The van der Waals surface area contributed by atoms with Crippen molar-refractivity contribution in [2.45, 2.75) is 19.3 Å². The minimum absolute atomic E-state index is 0.0451. The van der Waals surface area contributed by atoms with E-state index in [4.69, 9.17) is 0 Å². The molecule has 0 unspecified atom stereocenters. The molecule has 0 saturated carbocycles. The third kappa shape index (κ3) is 2.85. The number of anilines is 3. The molecular weight excluding hydrogens is 394 g/mol. The molecule has 0 radical (unpaired) electrons. The molecule has 0 fully saturated rings. The number of benzene rings is 3. The summed E-state index contributed by atoms with van der Waals surface area (Å²) in [6.45, 7) is 8.39. The fourth-order valence-corrected chi connectivity index (χ4v) is 4.51. The summed E-state index contributed by atoms with van der Waals surface area (Å²) in [4.78, 5) is 2.37. The Balaban J connectivity index is 2.01. The highest BCUT2D eigenvalue weighted by molar-refractivity contribution is 9.10. The predicted molar refractivity (Wildman–Crippen MR) is 120 cm³/mol. The third-order valence-corrected chi connectivity index (χ3v) is 6.16. The van der Waals surface area contributed by atoms with Crippen molar-refractivity contribution >= 4 is 39.1 Å². The molecule has 0 N–H and O–H groups in total. The minimum Gasteiger partial charge on any atom is -0.309 e. The van der Waals surface area contributed by atoms with Crippen LogP contribution in [0.5, 0.6) is 0 Å². The summed E-state index contributed by atoms with van der Waals surface area (Å²) < 4.78 is 1.08. The Kier molecular flexibility index (Phi) is 4.53. The Morgan fingerprint density at radius 3 is 1.96 bits per heavy atom. The second-order valence-electron chi connectivity index (χ2n) is 7.27. The molecule has 0 spiro atoms. The van der Waals surface area contributed by atoms with Gasteiger partial charge in [0.05, 0.1) is 17.1 Å².